The smallest absolute Gasteiger partial charge is 0.293 e. The highest BCUT2D eigenvalue weighted by molar-refractivity contribution is 8.18. The minimum Gasteiger partial charge on any atom is -0.490 e. The van der Waals surface area contributed by atoms with E-state index in [9.17, 15) is 14.4 Å². The highest BCUT2D eigenvalue weighted by Gasteiger charge is 2.35. The van der Waals surface area contributed by atoms with Gasteiger partial charge in [-0.2, -0.15) is 0 Å². The number of amides is 3. The standard InChI is InChI=1S/C31H32N2O5S/c1-5-37-27-16-22(17-28-30(35)33(31(36)39-28)18-23-10-8-9-21(4)15-23)13-14-26(27)38-19-29(34)32-25-12-7-6-11-24(25)20(2)3/h6-17,20H,5,18-19H2,1-4H3,(H,32,34)/b28-17-. The third kappa shape index (κ3) is 7.09. The molecule has 0 bridgehead atoms. The zero-order valence-electron chi connectivity index (χ0n) is 22.5. The average molecular weight is 545 g/mol. The predicted molar refractivity (Wildman–Crippen MR) is 155 cm³/mol. The van der Waals surface area contributed by atoms with Crippen LogP contribution in [0, 0.1) is 6.92 Å². The van der Waals surface area contributed by atoms with Crippen molar-refractivity contribution in [2.75, 3.05) is 18.5 Å². The molecule has 39 heavy (non-hydrogen) atoms. The van der Waals surface area contributed by atoms with Gasteiger partial charge in [0, 0.05) is 5.69 Å². The highest BCUT2D eigenvalue weighted by Crippen LogP contribution is 2.35. The van der Waals surface area contributed by atoms with Gasteiger partial charge in [0.2, 0.25) is 0 Å². The van der Waals surface area contributed by atoms with Gasteiger partial charge in [-0.05, 0) is 72.5 Å². The Hall–Kier alpha value is -4.04. The van der Waals surface area contributed by atoms with Gasteiger partial charge in [0.25, 0.3) is 17.1 Å². The number of rotatable bonds is 10. The quantitative estimate of drug-likeness (QED) is 0.284. The molecule has 1 saturated heterocycles. The molecule has 0 aromatic heterocycles. The van der Waals surface area contributed by atoms with Crippen molar-refractivity contribution in [3.8, 4) is 11.5 Å². The predicted octanol–water partition coefficient (Wildman–Crippen LogP) is 6.77. The lowest BCUT2D eigenvalue weighted by Gasteiger charge is -2.15. The third-order valence-corrected chi connectivity index (χ3v) is 6.99. The van der Waals surface area contributed by atoms with Crippen LogP contribution in [0.1, 0.15) is 48.9 Å². The number of para-hydroxylation sites is 1. The molecule has 3 aromatic carbocycles. The Balaban J connectivity index is 1.45. The number of ether oxygens (including phenoxy) is 2. The van der Waals surface area contributed by atoms with Crippen molar-refractivity contribution in [3.63, 3.8) is 0 Å². The molecule has 1 fully saturated rings. The lowest BCUT2D eigenvalue weighted by molar-refractivity contribution is -0.123. The van der Waals surface area contributed by atoms with Gasteiger partial charge in [0.05, 0.1) is 18.1 Å². The van der Waals surface area contributed by atoms with E-state index >= 15 is 0 Å². The van der Waals surface area contributed by atoms with E-state index in [2.05, 4.69) is 19.2 Å². The molecule has 0 unspecified atom stereocenters. The van der Waals surface area contributed by atoms with E-state index < -0.39 is 0 Å². The Morgan fingerprint density at radius 2 is 1.79 bits per heavy atom. The molecule has 1 heterocycles. The number of nitrogens with one attached hydrogen (secondary N) is 1. The van der Waals surface area contributed by atoms with Crippen LogP contribution in [0.4, 0.5) is 10.5 Å². The summed E-state index contributed by atoms with van der Waals surface area (Å²) in [5, 5.41) is 2.61. The molecular weight excluding hydrogens is 512 g/mol. The second-order valence-corrected chi connectivity index (χ2v) is 10.5. The Morgan fingerprint density at radius 3 is 2.54 bits per heavy atom. The first kappa shape index (κ1) is 28.0. The molecule has 0 saturated carbocycles. The number of hydrogen-bond acceptors (Lipinski definition) is 6. The largest absolute Gasteiger partial charge is 0.490 e. The van der Waals surface area contributed by atoms with E-state index in [-0.39, 0.29) is 36.1 Å². The topological polar surface area (TPSA) is 84.9 Å². The molecule has 202 valence electrons. The van der Waals surface area contributed by atoms with E-state index in [1.807, 2.05) is 62.4 Å². The molecule has 1 N–H and O–H groups in total. The zero-order chi connectivity index (χ0) is 27.9. The fourth-order valence-corrected chi connectivity index (χ4v) is 5.06. The Kier molecular flexibility index (Phi) is 9.09. The van der Waals surface area contributed by atoms with Crippen LogP contribution < -0.4 is 14.8 Å². The number of carbonyl (C=O) groups excluding carboxylic acids is 3. The molecule has 7 nitrogen and oxygen atoms in total. The summed E-state index contributed by atoms with van der Waals surface area (Å²) < 4.78 is 11.5. The maximum absolute atomic E-state index is 13.0. The minimum absolute atomic E-state index is 0.191. The summed E-state index contributed by atoms with van der Waals surface area (Å²) in [6, 6.07) is 20.6. The van der Waals surface area contributed by atoms with Gasteiger partial charge in [-0.15, -0.1) is 0 Å². The molecule has 1 aliphatic heterocycles. The van der Waals surface area contributed by atoms with Crippen molar-refractivity contribution in [2.24, 2.45) is 0 Å². The molecule has 0 aliphatic carbocycles. The van der Waals surface area contributed by atoms with Crippen molar-refractivity contribution in [3.05, 3.63) is 93.9 Å². The van der Waals surface area contributed by atoms with Gasteiger partial charge in [-0.1, -0.05) is 67.9 Å². The van der Waals surface area contributed by atoms with Crippen LogP contribution in [0.2, 0.25) is 0 Å². The molecule has 0 radical (unpaired) electrons. The number of thioether (sulfide) groups is 1. The molecule has 0 spiro atoms. The Bertz CT molecular complexity index is 1420. The van der Waals surface area contributed by atoms with E-state index in [0.717, 1.165) is 34.1 Å². The summed E-state index contributed by atoms with van der Waals surface area (Å²) in [6.45, 7) is 8.39. The molecule has 4 rings (SSSR count). The Morgan fingerprint density at radius 1 is 1.00 bits per heavy atom. The second-order valence-electron chi connectivity index (χ2n) is 9.47. The highest BCUT2D eigenvalue weighted by atomic mass is 32.2. The first-order valence-electron chi connectivity index (χ1n) is 12.8. The van der Waals surface area contributed by atoms with E-state index in [1.165, 1.54) is 4.90 Å². The summed E-state index contributed by atoms with van der Waals surface area (Å²) in [4.78, 5) is 39.8. The first-order valence-corrected chi connectivity index (χ1v) is 13.7. The van der Waals surface area contributed by atoms with Gasteiger partial charge in [-0.25, -0.2) is 0 Å². The monoisotopic (exact) mass is 544 g/mol. The van der Waals surface area contributed by atoms with Crippen molar-refractivity contribution in [1.29, 1.82) is 0 Å². The van der Waals surface area contributed by atoms with Crippen LogP contribution in [-0.2, 0) is 16.1 Å². The number of nitrogens with zero attached hydrogens (tertiary/aromatic N) is 1. The normalized spacial score (nSPS) is 14.3. The summed E-state index contributed by atoms with van der Waals surface area (Å²) in [6.07, 6.45) is 1.67. The van der Waals surface area contributed by atoms with Crippen molar-refractivity contribution in [2.45, 2.75) is 40.2 Å². The zero-order valence-corrected chi connectivity index (χ0v) is 23.3. The van der Waals surface area contributed by atoms with E-state index in [4.69, 9.17) is 9.47 Å². The number of hydrogen-bond donors (Lipinski definition) is 1. The fourth-order valence-electron chi connectivity index (χ4n) is 4.23. The van der Waals surface area contributed by atoms with Gasteiger partial charge in [0.1, 0.15) is 0 Å². The lowest BCUT2D eigenvalue weighted by Crippen LogP contribution is -2.27. The van der Waals surface area contributed by atoms with Crippen LogP contribution in [0.3, 0.4) is 0 Å². The van der Waals surface area contributed by atoms with Crippen LogP contribution in [-0.4, -0.2) is 35.2 Å². The maximum atomic E-state index is 13.0. The van der Waals surface area contributed by atoms with Crippen LogP contribution in [0.15, 0.2) is 71.6 Å². The van der Waals surface area contributed by atoms with Crippen molar-refractivity contribution < 1.29 is 23.9 Å². The molecule has 0 atom stereocenters. The number of benzene rings is 3. The van der Waals surface area contributed by atoms with E-state index in [0.29, 0.717) is 28.6 Å². The SMILES string of the molecule is CCOc1cc(/C=C2\SC(=O)N(Cc3cccc(C)c3)C2=O)ccc1OCC(=O)Nc1ccccc1C(C)C. The molecule has 3 aromatic rings. The Labute approximate surface area is 233 Å². The minimum atomic E-state index is -0.330. The van der Waals surface area contributed by atoms with Gasteiger partial charge in [0.15, 0.2) is 18.1 Å². The van der Waals surface area contributed by atoms with Crippen molar-refractivity contribution >= 4 is 40.6 Å². The molecule has 1 aliphatic rings. The summed E-state index contributed by atoms with van der Waals surface area (Å²) >= 11 is 0.915. The summed E-state index contributed by atoms with van der Waals surface area (Å²) in [5.74, 6) is 0.512. The van der Waals surface area contributed by atoms with E-state index in [1.54, 1.807) is 24.3 Å². The first-order chi connectivity index (χ1) is 18.7. The van der Waals surface area contributed by atoms with Crippen LogP contribution in [0.5, 0.6) is 11.5 Å². The van der Waals surface area contributed by atoms with Gasteiger partial charge >= 0.3 is 0 Å². The average Bonchev–Trinajstić information content (AvgIpc) is 3.16. The third-order valence-electron chi connectivity index (χ3n) is 6.08. The number of aryl methyl sites for hydroxylation is 1. The molecule has 8 heteroatoms. The van der Waals surface area contributed by atoms with Crippen LogP contribution in [0.25, 0.3) is 6.08 Å². The number of imide groups is 1. The lowest BCUT2D eigenvalue weighted by atomic mass is 10.0. The van der Waals surface area contributed by atoms with Gasteiger partial charge in [-0.3, -0.25) is 19.3 Å². The number of anilines is 1. The summed E-state index contributed by atoms with van der Waals surface area (Å²) in [7, 11) is 0. The number of carbonyl (C=O) groups is 3. The maximum Gasteiger partial charge on any atom is 0.293 e. The molecule has 3 amide bonds. The van der Waals surface area contributed by atoms with Crippen LogP contribution >= 0.6 is 11.8 Å². The molecular formula is C31H32N2O5S. The van der Waals surface area contributed by atoms with Gasteiger partial charge < -0.3 is 14.8 Å². The second kappa shape index (κ2) is 12.7. The fraction of sp³-hybridized carbons (Fsp3) is 0.258. The van der Waals surface area contributed by atoms with Crippen molar-refractivity contribution in [1.82, 2.24) is 4.90 Å². The summed E-state index contributed by atoms with van der Waals surface area (Å²) in [5.41, 5.74) is 4.46.